The van der Waals surface area contributed by atoms with Gasteiger partial charge < -0.3 is 10.0 Å². The maximum atomic E-state index is 9.44. The van der Waals surface area contributed by atoms with Crippen molar-refractivity contribution in [3.8, 4) is 0 Å². The summed E-state index contributed by atoms with van der Waals surface area (Å²) in [6.45, 7) is 7.06. The molecule has 0 bridgehead atoms. The molecule has 122 valence electrons. The van der Waals surface area contributed by atoms with Gasteiger partial charge in [0, 0.05) is 24.5 Å². The fraction of sp³-hybridized carbons (Fsp3) is 0.600. The van der Waals surface area contributed by atoms with Crippen LogP contribution in [0.25, 0.3) is 0 Å². The highest BCUT2D eigenvalue weighted by Gasteiger charge is 2.27. The number of aliphatic hydroxyl groups is 1. The standard InChI is InChI=1S/C20H31NO/c1-4-12-20(5-2,13-15-22)16-18-8-10-19(11-9-18)21-14-6-7-17(21)3/h6,8-11,14,17,22H,4-5,7,12-13,15-16H2,1-3H3. The summed E-state index contributed by atoms with van der Waals surface area (Å²) in [6, 6.07) is 9.59. The molecule has 0 saturated heterocycles. The smallest absolute Gasteiger partial charge is 0.0436 e. The summed E-state index contributed by atoms with van der Waals surface area (Å²) in [7, 11) is 0. The monoisotopic (exact) mass is 301 g/mol. The largest absolute Gasteiger partial charge is 0.396 e. The van der Waals surface area contributed by atoms with Gasteiger partial charge in [0.05, 0.1) is 0 Å². The van der Waals surface area contributed by atoms with Gasteiger partial charge in [-0.1, -0.05) is 44.9 Å². The van der Waals surface area contributed by atoms with E-state index < -0.39 is 0 Å². The zero-order valence-corrected chi connectivity index (χ0v) is 14.4. The zero-order valence-electron chi connectivity index (χ0n) is 14.4. The predicted molar refractivity (Wildman–Crippen MR) is 95.2 cm³/mol. The molecule has 0 aliphatic carbocycles. The molecule has 0 amide bonds. The summed E-state index contributed by atoms with van der Waals surface area (Å²) in [4.78, 5) is 2.34. The molecule has 1 heterocycles. The van der Waals surface area contributed by atoms with Gasteiger partial charge in [0.25, 0.3) is 0 Å². The summed E-state index contributed by atoms with van der Waals surface area (Å²) in [5.74, 6) is 0. The average Bonchev–Trinajstić information content (AvgIpc) is 2.94. The lowest BCUT2D eigenvalue weighted by Gasteiger charge is -2.32. The Hall–Kier alpha value is -1.28. The van der Waals surface area contributed by atoms with Crippen LogP contribution >= 0.6 is 0 Å². The first-order chi connectivity index (χ1) is 10.6. The van der Waals surface area contributed by atoms with Gasteiger partial charge in [-0.05, 0) is 55.7 Å². The van der Waals surface area contributed by atoms with E-state index in [4.69, 9.17) is 0 Å². The molecule has 0 aromatic heterocycles. The number of hydrogen-bond acceptors (Lipinski definition) is 2. The van der Waals surface area contributed by atoms with Crippen molar-refractivity contribution in [2.24, 2.45) is 5.41 Å². The second kappa shape index (κ2) is 7.82. The number of nitrogens with zero attached hydrogens (tertiary/aromatic N) is 1. The molecule has 0 fully saturated rings. The van der Waals surface area contributed by atoms with Crippen LogP contribution in [0.1, 0.15) is 58.4 Å². The van der Waals surface area contributed by atoms with Crippen LogP contribution in [0.15, 0.2) is 36.5 Å². The van der Waals surface area contributed by atoms with E-state index in [0.29, 0.717) is 12.6 Å². The molecule has 1 aliphatic rings. The fourth-order valence-corrected chi connectivity index (χ4v) is 3.74. The van der Waals surface area contributed by atoms with E-state index in [1.54, 1.807) is 0 Å². The van der Waals surface area contributed by atoms with Crippen LogP contribution in [0, 0.1) is 5.41 Å². The summed E-state index contributed by atoms with van der Waals surface area (Å²) in [5, 5.41) is 9.44. The number of aliphatic hydroxyl groups excluding tert-OH is 1. The van der Waals surface area contributed by atoms with Gasteiger partial charge in [-0.2, -0.15) is 0 Å². The second-order valence-electron chi connectivity index (χ2n) is 6.80. The number of hydrogen-bond donors (Lipinski definition) is 1. The molecule has 1 aromatic rings. The van der Waals surface area contributed by atoms with Crippen LogP contribution in [0.2, 0.25) is 0 Å². The van der Waals surface area contributed by atoms with Crippen LogP contribution in [0.3, 0.4) is 0 Å². The van der Waals surface area contributed by atoms with E-state index in [0.717, 1.165) is 25.7 Å². The Labute approximate surface area is 135 Å². The fourth-order valence-electron chi connectivity index (χ4n) is 3.74. The SMILES string of the molecule is CCCC(CC)(CCO)Cc1ccc(N2C=CCC2C)cc1. The molecular weight excluding hydrogens is 270 g/mol. The molecular formula is C20H31NO. The van der Waals surface area contributed by atoms with E-state index in [-0.39, 0.29) is 5.41 Å². The lowest BCUT2D eigenvalue weighted by atomic mass is 9.73. The lowest BCUT2D eigenvalue weighted by molar-refractivity contribution is 0.160. The zero-order chi connectivity index (χ0) is 16.0. The number of rotatable bonds is 8. The third-order valence-electron chi connectivity index (χ3n) is 5.20. The van der Waals surface area contributed by atoms with E-state index in [9.17, 15) is 5.11 Å². The number of anilines is 1. The van der Waals surface area contributed by atoms with Crippen LogP contribution in [0.5, 0.6) is 0 Å². The van der Waals surface area contributed by atoms with E-state index >= 15 is 0 Å². The molecule has 22 heavy (non-hydrogen) atoms. The van der Waals surface area contributed by atoms with Gasteiger partial charge in [-0.25, -0.2) is 0 Å². The molecule has 2 rings (SSSR count). The molecule has 1 N–H and O–H groups in total. The summed E-state index contributed by atoms with van der Waals surface area (Å²) < 4.78 is 0. The normalized spacial score (nSPS) is 20.4. The lowest BCUT2D eigenvalue weighted by Crippen LogP contribution is -2.25. The highest BCUT2D eigenvalue weighted by Crippen LogP contribution is 2.36. The Morgan fingerprint density at radius 3 is 2.41 bits per heavy atom. The molecule has 2 atom stereocenters. The van der Waals surface area contributed by atoms with E-state index in [2.05, 4.69) is 62.2 Å². The Morgan fingerprint density at radius 1 is 1.18 bits per heavy atom. The summed E-state index contributed by atoms with van der Waals surface area (Å²) in [5.41, 5.74) is 2.93. The maximum Gasteiger partial charge on any atom is 0.0436 e. The van der Waals surface area contributed by atoms with Gasteiger partial charge >= 0.3 is 0 Å². The third kappa shape index (κ3) is 3.92. The highest BCUT2D eigenvalue weighted by molar-refractivity contribution is 5.52. The number of benzene rings is 1. The van der Waals surface area contributed by atoms with Gasteiger partial charge in [-0.15, -0.1) is 0 Å². The van der Waals surface area contributed by atoms with Crippen molar-refractivity contribution < 1.29 is 5.11 Å². The Bertz CT molecular complexity index is 471. The van der Waals surface area contributed by atoms with Gasteiger partial charge in [0.15, 0.2) is 0 Å². The van der Waals surface area contributed by atoms with Gasteiger partial charge in [0.1, 0.15) is 0 Å². The quantitative estimate of drug-likeness (QED) is 0.736. The van der Waals surface area contributed by atoms with Gasteiger partial charge in [0.2, 0.25) is 0 Å². The van der Waals surface area contributed by atoms with E-state index in [1.807, 2.05) is 0 Å². The molecule has 2 unspecified atom stereocenters. The maximum absolute atomic E-state index is 9.44. The minimum absolute atomic E-state index is 0.256. The van der Waals surface area contributed by atoms with Crippen molar-refractivity contribution in [2.75, 3.05) is 11.5 Å². The summed E-state index contributed by atoms with van der Waals surface area (Å²) in [6.07, 6.45) is 11.1. The van der Waals surface area contributed by atoms with Crippen LogP contribution < -0.4 is 4.90 Å². The van der Waals surface area contributed by atoms with Crippen molar-refractivity contribution in [1.82, 2.24) is 0 Å². The van der Waals surface area contributed by atoms with Crippen molar-refractivity contribution in [3.05, 3.63) is 42.1 Å². The van der Waals surface area contributed by atoms with Crippen molar-refractivity contribution in [2.45, 2.75) is 65.3 Å². The third-order valence-corrected chi connectivity index (χ3v) is 5.20. The summed E-state index contributed by atoms with van der Waals surface area (Å²) >= 11 is 0. The minimum Gasteiger partial charge on any atom is -0.396 e. The molecule has 1 aromatic carbocycles. The van der Waals surface area contributed by atoms with Crippen molar-refractivity contribution in [1.29, 1.82) is 0 Å². The van der Waals surface area contributed by atoms with Crippen LogP contribution in [0.4, 0.5) is 5.69 Å². The first-order valence-electron chi connectivity index (χ1n) is 8.79. The molecule has 1 aliphatic heterocycles. The molecule has 2 nitrogen and oxygen atoms in total. The van der Waals surface area contributed by atoms with Crippen molar-refractivity contribution >= 4 is 5.69 Å². The average molecular weight is 301 g/mol. The van der Waals surface area contributed by atoms with Crippen LogP contribution in [-0.2, 0) is 6.42 Å². The molecule has 2 heteroatoms. The first-order valence-corrected chi connectivity index (χ1v) is 8.79. The predicted octanol–water partition coefficient (Wildman–Crippen LogP) is 4.92. The second-order valence-corrected chi connectivity index (χ2v) is 6.80. The van der Waals surface area contributed by atoms with Crippen molar-refractivity contribution in [3.63, 3.8) is 0 Å². The molecule has 0 radical (unpaired) electrons. The topological polar surface area (TPSA) is 23.5 Å². The molecule has 0 saturated carbocycles. The first kappa shape index (κ1) is 17.1. The van der Waals surface area contributed by atoms with Gasteiger partial charge in [-0.3, -0.25) is 0 Å². The Morgan fingerprint density at radius 2 is 1.91 bits per heavy atom. The minimum atomic E-state index is 0.256. The Kier molecular flexibility index (Phi) is 6.07. The molecule has 0 spiro atoms. The Balaban J connectivity index is 2.10. The van der Waals surface area contributed by atoms with Crippen LogP contribution in [-0.4, -0.2) is 17.8 Å². The highest BCUT2D eigenvalue weighted by atomic mass is 16.3. The van der Waals surface area contributed by atoms with E-state index in [1.165, 1.54) is 24.1 Å².